The van der Waals surface area contributed by atoms with E-state index in [2.05, 4.69) is 4.98 Å². The molecule has 1 aromatic carbocycles. The van der Waals surface area contributed by atoms with Crippen LogP contribution < -0.4 is 10.6 Å². The molecule has 1 aromatic heterocycles. The van der Waals surface area contributed by atoms with Gasteiger partial charge in [-0.2, -0.15) is 13.2 Å². The number of anilines is 2. The molecule has 0 aliphatic heterocycles. The summed E-state index contributed by atoms with van der Waals surface area (Å²) in [6.07, 6.45) is -4.23. The SMILES string of the molecule is CN(CC(F)(F)F)c1nc2ccc(N)cc2s1. The summed E-state index contributed by atoms with van der Waals surface area (Å²) >= 11 is 1.20. The van der Waals surface area contributed by atoms with Gasteiger partial charge in [0.2, 0.25) is 0 Å². The molecule has 92 valence electrons. The van der Waals surface area contributed by atoms with Crippen LogP contribution in [0.3, 0.4) is 0 Å². The van der Waals surface area contributed by atoms with Gasteiger partial charge in [0, 0.05) is 12.7 Å². The average molecular weight is 261 g/mol. The van der Waals surface area contributed by atoms with Crippen molar-refractivity contribution in [3.63, 3.8) is 0 Å². The molecule has 0 saturated heterocycles. The Kier molecular flexibility index (Phi) is 2.86. The Balaban J connectivity index is 2.30. The fourth-order valence-corrected chi connectivity index (χ4v) is 2.40. The van der Waals surface area contributed by atoms with Gasteiger partial charge in [-0.1, -0.05) is 11.3 Å². The molecule has 0 bridgehead atoms. The van der Waals surface area contributed by atoms with E-state index in [1.807, 2.05) is 0 Å². The maximum absolute atomic E-state index is 12.2. The van der Waals surface area contributed by atoms with E-state index in [1.54, 1.807) is 18.2 Å². The fraction of sp³-hybridized carbons (Fsp3) is 0.300. The van der Waals surface area contributed by atoms with Crippen LogP contribution in [-0.4, -0.2) is 24.8 Å². The Hall–Kier alpha value is -1.50. The van der Waals surface area contributed by atoms with E-state index in [-0.39, 0.29) is 0 Å². The number of fused-ring (bicyclic) bond motifs is 1. The van der Waals surface area contributed by atoms with Crippen LogP contribution in [0.15, 0.2) is 18.2 Å². The van der Waals surface area contributed by atoms with Crippen molar-refractivity contribution >= 4 is 32.4 Å². The molecule has 0 fully saturated rings. The van der Waals surface area contributed by atoms with E-state index < -0.39 is 12.7 Å². The maximum Gasteiger partial charge on any atom is 0.405 e. The van der Waals surface area contributed by atoms with E-state index in [4.69, 9.17) is 5.73 Å². The lowest BCUT2D eigenvalue weighted by molar-refractivity contribution is -0.119. The minimum atomic E-state index is -4.23. The molecule has 17 heavy (non-hydrogen) atoms. The molecule has 2 N–H and O–H groups in total. The van der Waals surface area contributed by atoms with E-state index >= 15 is 0 Å². The minimum Gasteiger partial charge on any atom is -0.399 e. The fourth-order valence-electron chi connectivity index (χ4n) is 1.43. The first kappa shape index (κ1) is 12.0. The summed E-state index contributed by atoms with van der Waals surface area (Å²) in [5.41, 5.74) is 6.83. The lowest BCUT2D eigenvalue weighted by Gasteiger charge is -2.17. The lowest BCUT2D eigenvalue weighted by Crippen LogP contribution is -2.30. The van der Waals surface area contributed by atoms with Gasteiger partial charge < -0.3 is 10.6 Å². The van der Waals surface area contributed by atoms with Crippen LogP contribution in [-0.2, 0) is 0 Å². The number of alkyl halides is 3. The van der Waals surface area contributed by atoms with E-state index in [9.17, 15) is 13.2 Å². The molecule has 0 radical (unpaired) electrons. The van der Waals surface area contributed by atoms with Crippen LogP contribution in [0.25, 0.3) is 10.2 Å². The molecule has 0 spiro atoms. The number of nitrogen functional groups attached to an aromatic ring is 1. The van der Waals surface area contributed by atoms with Crippen molar-refractivity contribution in [2.75, 3.05) is 24.2 Å². The van der Waals surface area contributed by atoms with Gasteiger partial charge in [-0.15, -0.1) is 0 Å². The van der Waals surface area contributed by atoms with E-state index in [1.165, 1.54) is 18.4 Å². The highest BCUT2D eigenvalue weighted by Gasteiger charge is 2.30. The number of halogens is 3. The standard InChI is InChI=1S/C10H10F3N3S/c1-16(5-10(11,12)13)9-15-7-3-2-6(14)4-8(7)17-9/h2-4H,5,14H2,1H3. The minimum absolute atomic E-state index is 0.336. The highest BCUT2D eigenvalue weighted by molar-refractivity contribution is 7.22. The second-order valence-electron chi connectivity index (χ2n) is 3.69. The number of hydrogen-bond donors (Lipinski definition) is 1. The summed E-state index contributed by atoms with van der Waals surface area (Å²) in [5, 5.41) is 0.336. The number of rotatable bonds is 2. The summed E-state index contributed by atoms with van der Waals surface area (Å²) in [6.45, 7) is -1.01. The van der Waals surface area contributed by atoms with Crippen molar-refractivity contribution in [3.8, 4) is 0 Å². The molecule has 2 aromatic rings. The zero-order chi connectivity index (χ0) is 12.6. The third-order valence-electron chi connectivity index (χ3n) is 2.14. The lowest BCUT2D eigenvalue weighted by atomic mass is 10.3. The summed E-state index contributed by atoms with van der Waals surface area (Å²) in [5.74, 6) is 0. The van der Waals surface area contributed by atoms with Gasteiger partial charge >= 0.3 is 6.18 Å². The van der Waals surface area contributed by atoms with Crippen LogP contribution in [0.1, 0.15) is 0 Å². The summed E-state index contributed by atoms with van der Waals surface area (Å²) < 4.78 is 37.5. The van der Waals surface area contributed by atoms with Crippen LogP contribution in [0.5, 0.6) is 0 Å². The highest BCUT2D eigenvalue weighted by atomic mass is 32.1. The van der Waals surface area contributed by atoms with E-state index in [0.717, 1.165) is 9.60 Å². The zero-order valence-corrected chi connectivity index (χ0v) is 9.77. The zero-order valence-electron chi connectivity index (χ0n) is 8.95. The first-order valence-corrected chi connectivity index (χ1v) is 5.61. The van der Waals surface area contributed by atoms with E-state index in [0.29, 0.717) is 16.3 Å². The van der Waals surface area contributed by atoms with Crippen molar-refractivity contribution in [1.29, 1.82) is 0 Å². The second kappa shape index (κ2) is 4.06. The third kappa shape index (κ3) is 2.79. The van der Waals surface area contributed by atoms with Gasteiger partial charge in [0.25, 0.3) is 0 Å². The van der Waals surface area contributed by atoms with Gasteiger partial charge in [0.05, 0.1) is 10.2 Å². The molecule has 0 aliphatic carbocycles. The molecule has 0 atom stereocenters. The topological polar surface area (TPSA) is 42.2 Å². The number of aromatic nitrogens is 1. The Morgan fingerprint density at radius 3 is 2.76 bits per heavy atom. The van der Waals surface area contributed by atoms with Crippen molar-refractivity contribution in [2.45, 2.75) is 6.18 Å². The van der Waals surface area contributed by atoms with Crippen molar-refractivity contribution in [1.82, 2.24) is 4.98 Å². The quantitative estimate of drug-likeness (QED) is 0.845. The first-order chi connectivity index (χ1) is 7.85. The molecule has 0 saturated carbocycles. The number of hydrogen-bond acceptors (Lipinski definition) is 4. The molecule has 0 unspecified atom stereocenters. The largest absolute Gasteiger partial charge is 0.405 e. The Morgan fingerprint density at radius 1 is 1.41 bits per heavy atom. The monoisotopic (exact) mass is 261 g/mol. The molecule has 0 amide bonds. The Labute approximate surface area is 99.7 Å². The Bertz CT molecular complexity index is 535. The predicted molar refractivity (Wildman–Crippen MR) is 63.4 cm³/mol. The molecule has 7 heteroatoms. The molecule has 3 nitrogen and oxygen atoms in total. The normalized spacial score (nSPS) is 12.0. The number of benzene rings is 1. The number of nitrogens with two attached hydrogens (primary N) is 1. The molecular weight excluding hydrogens is 251 g/mol. The van der Waals surface area contributed by atoms with Gasteiger partial charge in [0.1, 0.15) is 6.54 Å². The predicted octanol–water partition coefficient (Wildman–Crippen LogP) is 2.88. The van der Waals surface area contributed by atoms with Crippen molar-refractivity contribution in [3.05, 3.63) is 18.2 Å². The smallest absolute Gasteiger partial charge is 0.399 e. The molecule has 0 aliphatic rings. The van der Waals surface area contributed by atoms with Crippen molar-refractivity contribution < 1.29 is 13.2 Å². The van der Waals surface area contributed by atoms with Crippen LogP contribution in [0, 0.1) is 0 Å². The second-order valence-corrected chi connectivity index (χ2v) is 4.70. The average Bonchev–Trinajstić information content (AvgIpc) is 2.57. The van der Waals surface area contributed by atoms with Crippen LogP contribution >= 0.6 is 11.3 Å². The summed E-state index contributed by atoms with van der Waals surface area (Å²) in [6, 6.07) is 5.08. The van der Waals surface area contributed by atoms with Gasteiger partial charge in [-0.05, 0) is 18.2 Å². The van der Waals surface area contributed by atoms with Gasteiger partial charge in [-0.25, -0.2) is 4.98 Å². The highest BCUT2D eigenvalue weighted by Crippen LogP contribution is 2.30. The molecule has 2 rings (SSSR count). The summed E-state index contributed by atoms with van der Waals surface area (Å²) in [4.78, 5) is 5.21. The number of thiazole rings is 1. The van der Waals surface area contributed by atoms with Crippen LogP contribution in [0.4, 0.5) is 24.0 Å². The summed E-state index contributed by atoms with van der Waals surface area (Å²) in [7, 11) is 1.37. The molecular formula is C10H10F3N3S. The van der Waals surface area contributed by atoms with Gasteiger partial charge in [-0.3, -0.25) is 0 Å². The molecule has 1 heterocycles. The first-order valence-electron chi connectivity index (χ1n) is 4.79. The third-order valence-corrected chi connectivity index (χ3v) is 3.28. The van der Waals surface area contributed by atoms with Crippen molar-refractivity contribution in [2.24, 2.45) is 0 Å². The number of nitrogens with zero attached hydrogens (tertiary/aromatic N) is 2. The Morgan fingerprint density at radius 2 is 2.12 bits per heavy atom. The van der Waals surface area contributed by atoms with Crippen LogP contribution in [0.2, 0.25) is 0 Å². The maximum atomic E-state index is 12.2. The van der Waals surface area contributed by atoms with Gasteiger partial charge in [0.15, 0.2) is 5.13 Å².